The molecule has 2 aromatic heterocycles. The van der Waals surface area contributed by atoms with Gasteiger partial charge in [-0.05, 0) is 30.3 Å². The van der Waals surface area contributed by atoms with E-state index >= 15 is 0 Å². The van der Waals surface area contributed by atoms with Gasteiger partial charge in [0.1, 0.15) is 11.6 Å². The molecular weight excluding hydrogens is 497 g/mol. The molecule has 0 amide bonds. The summed E-state index contributed by atoms with van der Waals surface area (Å²) in [5, 5.41) is 0. The molecule has 0 fully saturated rings. The number of aromatic nitrogens is 5. The van der Waals surface area contributed by atoms with Gasteiger partial charge in [0.2, 0.25) is 0 Å². The predicted molar refractivity (Wildman–Crippen MR) is 156 cm³/mol. The molecule has 0 aliphatic heterocycles. The quantitative estimate of drug-likeness (QED) is 0.231. The molecule has 7 aromatic rings. The number of hydrogen-bond donors (Lipinski definition) is 0. The first-order valence-electron chi connectivity index (χ1n) is 12.9. The lowest BCUT2D eigenvalue weighted by Crippen LogP contribution is -2.00. The van der Waals surface area contributed by atoms with Crippen molar-refractivity contribution in [3.05, 3.63) is 139 Å². The minimum absolute atomic E-state index is 0.296. The molecule has 6 heteroatoms. The maximum Gasteiger partial charge on any atom is 0.164 e. The van der Waals surface area contributed by atoms with Crippen LogP contribution in [0.1, 0.15) is 0 Å². The molecule has 0 bridgehead atoms. The number of benzene rings is 5. The number of rotatable bonds is 5. The first-order valence-corrected chi connectivity index (χ1v) is 12.9. The smallest absolute Gasteiger partial charge is 0.164 e. The Kier molecular flexibility index (Phi) is 5.90. The van der Waals surface area contributed by atoms with Crippen molar-refractivity contribution in [3.63, 3.8) is 0 Å². The highest BCUT2D eigenvalue weighted by Gasteiger charge is 2.16. The van der Waals surface area contributed by atoms with E-state index < -0.39 is 0 Å². The van der Waals surface area contributed by atoms with Crippen molar-refractivity contribution in [1.29, 1.82) is 0 Å². The lowest BCUT2D eigenvalue weighted by Gasteiger charge is -2.11. The van der Waals surface area contributed by atoms with E-state index in [1.165, 1.54) is 12.1 Å². The standard InChI is InChI=1S/C34H22FN5/c35-27-14-9-15-28(22-27)40-30-17-8-7-16-29(30)36-34(40)26-20-18-25(19-21-26)33-38-31(23-10-3-1-4-11-23)37-32(39-33)24-12-5-2-6-13-24/h1-22H. The largest absolute Gasteiger partial charge is 0.292 e. The zero-order chi connectivity index (χ0) is 26.9. The summed E-state index contributed by atoms with van der Waals surface area (Å²) in [6.07, 6.45) is 0. The van der Waals surface area contributed by atoms with Gasteiger partial charge in [-0.25, -0.2) is 24.3 Å². The Morgan fingerprint density at radius 1 is 0.450 bits per heavy atom. The molecular formula is C34H22FN5. The van der Waals surface area contributed by atoms with Gasteiger partial charge in [0.05, 0.1) is 16.7 Å². The Morgan fingerprint density at radius 3 is 1.57 bits per heavy atom. The third kappa shape index (κ3) is 4.41. The van der Waals surface area contributed by atoms with E-state index in [0.29, 0.717) is 23.2 Å². The number of fused-ring (bicyclic) bond motifs is 1. The van der Waals surface area contributed by atoms with Gasteiger partial charge in [-0.2, -0.15) is 0 Å². The lowest BCUT2D eigenvalue weighted by molar-refractivity contribution is 0.627. The Hall–Kier alpha value is -5.49. The maximum atomic E-state index is 14.2. The van der Waals surface area contributed by atoms with E-state index in [4.69, 9.17) is 19.9 Å². The molecule has 0 aliphatic rings. The summed E-state index contributed by atoms with van der Waals surface area (Å²) in [5.74, 6) is 2.24. The normalized spacial score (nSPS) is 11.1. The minimum atomic E-state index is -0.296. The highest BCUT2D eigenvalue weighted by molar-refractivity contribution is 5.83. The molecule has 0 saturated carbocycles. The molecule has 0 unspecified atom stereocenters. The van der Waals surface area contributed by atoms with Crippen LogP contribution in [0.5, 0.6) is 0 Å². The molecule has 0 N–H and O–H groups in total. The summed E-state index contributed by atoms with van der Waals surface area (Å²) in [6.45, 7) is 0. The summed E-state index contributed by atoms with van der Waals surface area (Å²) in [6, 6.07) is 42.2. The molecule has 2 heterocycles. The van der Waals surface area contributed by atoms with Crippen molar-refractivity contribution in [1.82, 2.24) is 24.5 Å². The van der Waals surface area contributed by atoms with Crippen LogP contribution in [0.25, 0.3) is 62.3 Å². The second kappa shape index (κ2) is 10.0. The van der Waals surface area contributed by atoms with Crippen LogP contribution in [0, 0.1) is 5.82 Å². The lowest BCUT2D eigenvalue weighted by atomic mass is 10.1. The third-order valence-electron chi connectivity index (χ3n) is 6.73. The van der Waals surface area contributed by atoms with Crippen molar-refractivity contribution in [2.24, 2.45) is 0 Å². The van der Waals surface area contributed by atoms with Crippen LogP contribution in [0.4, 0.5) is 4.39 Å². The van der Waals surface area contributed by atoms with Gasteiger partial charge < -0.3 is 0 Å². The fourth-order valence-electron chi connectivity index (χ4n) is 4.80. The van der Waals surface area contributed by atoms with Gasteiger partial charge in [-0.15, -0.1) is 0 Å². The van der Waals surface area contributed by atoms with E-state index in [-0.39, 0.29) is 5.82 Å². The molecule has 40 heavy (non-hydrogen) atoms. The summed E-state index contributed by atoms with van der Waals surface area (Å²) in [7, 11) is 0. The fraction of sp³-hybridized carbons (Fsp3) is 0. The first kappa shape index (κ1) is 23.6. The third-order valence-corrected chi connectivity index (χ3v) is 6.73. The Bertz CT molecular complexity index is 1890. The zero-order valence-corrected chi connectivity index (χ0v) is 21.3. The van der Waals surface area contributed by atoms with Crippen LogP contribution in [0.15, 0.2) is 133 Å². The molecule has 0 radical (unpaired) electrons. The highest BCUT2D eigenvalue weighted by Crippen LogP contribution is 2.31. The molecule has 190 valence electrons. The van der Waals surface area contributed by atoms with E-state index in [2.05, 4.69) is 0 Å². The topological polar surface area (TPSA) is 56.5 Å². The second-order valence-corrected chi connectivity index (χ2v) is 9.36. The van der Waals surface area contributed by atoms with Gasteiger partial charge in [0.15, 0.2) is 17.5 Å². The zero-order valence-electron chi connectivity index (χ0n) is 21.3. The van der Waals surface area contributed by atoms with Crippen molar-refractivity contribution >= 4 is 11.0 Å². The van der Waals surface area contributed by atoms with Gasteiger partial charge >= 0.3 is 0 Å². The van der Waals surface area contributed by atoms with Crippen LogP contribution in [0.2, 0.25) is 0 Å². The molecule has 0 saturated heterocycles. The van der Waals surface area contributed by atoms with E-state index in [0.717, 1.165) is 39.1 Å². The molecule has 7 rings (SSSR count). The molecule has 0 aliphatic carbocycles. The number of halogens is 1. The average Bonchev–Trinajstić information content (AvgIpc) is 3.42. The van der Waals surface area contributed by atoms with Crippen LogP contribution in [0.3, 0.4) is 0 Å². The fourth-order valence-corrected chi connectivity index (χ4v) is 4.80. The monoisotopic (exact) mass is 519 g/mol. The average molecular weight is 520 g/mol. The van der Waals surface area contributed by atoms with Crippen molar-refractivity contribution in [2.75, 3.05) is 0 Å². The SMILES string of the molecule is Fc1cccc(-n2c(-c3ccc(-c4nc(-c5ccccc5)nc(-c5ccccc5)n4)cc3)nc3ccccc32)c1. The first-order chi connectivity index (χ1) is 19.7. The van der Waals surface area contributed by atoms with Crippen molar-refractivity contribution in [2.45, 2.75) is 0 Å². The minimum Gasteiger partial charge on any atom is -0.292 e. The summed E-state index contributed by atoms with van der Waals surface area (Å²) in [4.78, 5) is 19.3. The predicted octanol–water partition coefficient (Wildman–Crippen LogP) is 8.02. The van der Waals surface area contributed by atoms with E-state index in [1.54, 1.807) is 6.07 Å². The molecule has 5 aromatic carbocycles. The van der Waals surface area contributed by atoms with Crippen LogP contribution in [-0.2, 0) is 0 Å². The molecule has 5 nitrogen and oxygen atoms in total. The summed E-state index contributed by atoms with van der Waals surface area (Å²) in [5.41, 5.74) is 6.05. The van der Waals surface area contributed by atoms with Crippen LogP contribution >= 0.6 is 0 Å². The summed E-state index contributed by atoms with van der Waals surface area (Å²) >= 11 is 0. The number of nitrogens with zero attached hydrogens (tertiary/aromatic N) is 5. The molecule has 0 spiro atoms. The highest BCUT2D eigenvalue weighted by atomic mass is 19.1. The number of imidazole rings is 1. The second-order valence-electron chi connectivity index (χ2n) is 9.36. The Labute approximate surface area is 230 Å². The van der Waals surface area contributed by atoms with Crippen LogP contribution in [-0.4, -0.2) is 24.5 Å². The van der Waals surface area contributed by atoms with Crippen molar-refractivity contribution in [3.8, 4) is 51.2 Å². The Morgan fingerprint density at radius 2 is 0.975 bits per heavy atom. The number of para-hydroxylation sites is 2. The van der Waals surface area contributed by atoms with Crippen molar-refractivity contribution < 1.29 is 4.39 Å². The summed E-state index contributed by atoms with van der Waals surface area (Å²) < 4.78 is 16.2. The van der Waals surface area contributed by atoms with Crippen LogP contribution < -0.4 is 0 Å². The maximum absolute atomic E-state index is 14.2. The van der Waals surface area contributed by atoms with Gasteiger partial charge in [0, 0.05) is 22.3 Å². The van der Waals surface area contributed by atoms with E-state index in [1.807, 2.05) is 120 Å². The van der Waals surface area contributed by atoms with Gasteiger partial charge in [-0.1, -0.05) is 103 Å². The molecule has 0 atom stereocenters. The Balaban J connectivity index is 1.34. The van der Waals surface area contributed by atoms with Gasteiger partial charge in [0.25, 0.3) is 0 Å². The van der Waals surface area contributed by atoms with Gasteiger partial charge in [-0.3, -0.25) is 4.57 Å². The van der Waals surface area contributed by atoms with E-state index in [9.17, 15) is 4.39 Å². The number of hydrogen-bond acceptors (Lipinski definition) is 4.